The van der Waals surface area contributed by atoms with Gasteiger partial charge in [0.15, 0.2) is 0 Å². The van der Waals surface area contributed by atoms with Gasteiger partial charge in [0, 0.05) is 5.92 Å². The zero-order chi connectivity index (χ0) is 19.7. The Morgan fingerprint density at radius 3 is 2.82 bits per heavy atom. The fraction of sp³-hybridized carbons (Fsp3) is 0.368. The summed E-state index contributed by atoms with van der Waals surface area (Å²) in [4.78, 5) is 16.3. The molecule has 0 bridgehead atoms. The van der Waals surface area contributed by atoms with E-state index in [9.17, 15) is 13.6 Å². The highest BCUT2D eigenvalue weighted by Gasteiger charge is 2.29. The molecule has 2 heterocycles. The van der Waals surface area contributed by atoms with E-state index in [0.29, 0.717) is 12.2 Å². The number of amides is 1. The molecule has 1 aromatic carbocycles. The molecule has 2 aromatic heterocycles. The van der Waals surface area contributed by atoms with Gasteiger partial charge in [-0.1, -0.05) is 29.8 Å². The first-order valence-corrected chi connectivity index (χ1v) is 9.08. The Kier molecular flexibility index (Phi) is 4.89. The molecule has 1 fully saturated rings. The molecule has 0 atom stereocenters. The van der Waals surface area contributed by atoms with Crippen molar-refractivity contribution in [3.63, 3.8) is 0 Å². The molecule has 1 aliphatic carbocycles. The standard InChI is InChI=1S/C19H20F2N6O/c1-12-3-2-4-13(7-12)9-26-11-22-19(25-26)23-17(28)10-27-16(18(20)21)8-15(24-27)14-5-6-14/h2-4,7-8,11,14,18H,5-6,9-10H2,1H3,(H,23,25,28). The molecule has 0 aliphatic heterocycles. The maximum atomic E-state index is 13.2. The lowest BCUT2D eigenvalue weighted by Crippen LogP contribution is -2.22. The number of halogens is 2. The van der Waals surface area contributed by atoms with E-state index in [1.807, 2.05) is 31.2 Å². The van der Waals surface area contributed by atoms with Crippen molar-refractivity contribution in [1.29, 1.82) is 0 Å². The number of aromatic nitrogens is 5. The van der Waals surface area contributed by atoms with Crippen LogP contribution in [0.5, 0.6) is 0 Å². The summed E-state index contributed by atoms with van der Waals surface area (Å²) in [6.45, 7) is 2.22. The summed E-state index contributed by atoms with van der Waals surface area (Å²) in [5.41, 5.74) is 2.60. The second kappa shape index (κ2) is 7.49. The van der Waals surface area contributed by atoms with Crippen molar-refractivity contribution in [3.05, 3.63) is 59.2 Å². The molecule has 0 radical (unpaired) electrons. The topological polar surface area (TPSA) is 77.6 Å². The fourth-order valence-corrected chi connectivity index (χ4v) is 3.06. The Balaban J connectivity index is 1.40. The quantitative estimate of drug-likeness (QED) is 0.676. The molecular formula is C19H20F2N6O. The summed E-state index contributed by atoms with van der Waals surface area (Å²) < 4.78 is 29.1. The third kappa shape index (κ3) is 4.24. The van der Waals surface area contributed by atoms with Crippen LogP contribution in [0.1, 0.15) is 47.7 Å². The molecule has 7 nitrogen and oxygen atoms in total. The number of benzene rings is 1. The molecule has 1 aliphatic rings. The predicted octanol–water partition coefficient (Wildman–Crippen LogP) is 3.29. The number of alkyl halides is 2. The number of hydrogen-bond donors (Lipinski definition) is 1. The van der Waals surface area contributed by atoms with Gasteiger partial charge >= 0.3 is 0 Å². The average molecular weight is 386 g/mol. The van der Waals surface area contributed by atoms with Crippen molar-refractivity contribution in [1.82, 2.24) is 24.5 Å². The normalized spacial score (nSPS) is 13.9. The third-order valence-corrected chi connectivity index (χ3v) is 4.56. The van der Waals surface area contributed by atoms with E-state index in [0.717, 1.165) is 28.7 Å². The van der Waals surface area contributed by atoms with Crippen LogP contribution in [0.15, 0.2) is 36.7 Å². The van der Waals surface area contributed by atoms with Gasteiger partial charge in [-0.2, -0.15) is 5.10 Å². The summed E-state index contributed by atoms with van der Waals surface area (Å²) in [5.74, 6) is -0.132. The van der Waals surface area contributed by atoms with Crippen molar-refractivity contribution in [2.45, 2.75) is 45.2 Å². The van der Waals surface area contributed by atoms with Crippen LogP contribution < -0.4 is 5.32 Å². The van der Waals surface area contributed by atoms with Crippen molar-refractivity contribution in [3.8, 4) is 0 Å². The molecule has 146 valence electrons. The van der Waals surface area contributed by atoms with Crippen molar-refractivity contribution in [2.75, 3.05) is 5.32 Å². The smallest absolute Gasteiger partial charge is 0.280 e. The largest absolute Gasteiger partial charge is 0.292 e. The lowest BCUT2D eigenvalue weighted by atomic mass is 10.1. The number of rotatable bonds is 7. The fourth-order valence-electron chi connectivity index (χ4n) is 3.06. The summed E-state index contributed by atoms with van der Waals surface area (Å²) in [7, 11) is 0. The van der Waals surface area contributed by atoms with Crippen LogP contribution in [-0.2, 0) is 17.9 Å². The zero-order valence-corrected chi connectivity index (χ0v) is 15.3. The highest BCUT2D eigenvalue weighted by atomic mass is 19.3. The lowest BCUT2D eigenvalue weighted by Gasteiger charge is -2.06. The summed E-state index contributed by atoms with van der Waals surface area (Å²) >= 11 is 0. The first-order chi connectivity index (χ1) is 13.5. The van der Waals surface area contributed by atoms with Gasteiger partial charge < -0.3 is 0 Å². The Morgan fingerprint density at radius 2 is 2.11 bits per heavy atom. The molecule has 0 saturated heterocycles. The van der Waals surface area contributed by atoms with Crippen LogP contribution in [0.2, 0.25) is 0 Å². The van der Waals surface area contributed by atoms with Gasteiger partial charge in [-0.05, 0) is 31.4 Å². The van der Waals surface area contributed by atoms with Crippen molar-refractivity contribution in [2.24, 2.45) is 0 Å². The van der Waals surface area contributed by atoms with E-state index in [1.165, 1.54) is 12.4 Å². The molecule has 3 aromatic rings. The zero-order valence-electron chi connectivity index (χ0n) is 15.3. The van der Waals surface area contributed by atoms with Crippen LogP contribution in [0.4, 0.5) is 14.7 Å². The number of nitrogens with one attached hydrogen (secondary N) is 1. The molecule has 0 unspecified atom stereocenters. The number of aryl methyl sites for hydroxylation is 1. The summed E-state index contributed by atoms with van der Waals surface area (Å²) in [6, 6.07) is 9.39. The number of nitrogens with zero attached hydrogens (tertiary/aromatic N) is 5. The Bertz CT molecular complexity index is 992. The van der Waals surface area contributed by atoms with Gasteiger partial charge in [0.05, 0.1) is 12.2 Å². The van der Waals surface area contributed by atoms with Gasteiger partial charge in [-0.15, -0.1) is 5.10 Å². The van der Waals surface area contributed by atoms with Gasteiger partial charge in [-0.3, -0.25) is 14.8 Å². The van der Waals surface area contributed by atoms with Gasteiger partial charge in [0.2, 0.25) is 11.9 Å². The summed E-state index contributed by atoms with van der Waals surface area (Å²) in [5, 5.41) is 10.9. The third-order valence-electron chi connectivity index (χ3n) is 4.56. The van der Waals surface area contributed by atoms with Gasteiger partial charge in [-0.25, -0.2) is 18.4 Å². The van der Waals surface area contributed by atoms with Gasteiger partial charge in [0.1, 0.15) is 18.6 Å². The van der Waals surface area contributed by atoms with E-state index in [2.05, 4.69) is 20.5 Å². The van der Waals surface area contributed by atoms with Crippen LogP contribution >= 0.6 is 0 Å². The van der Waals surface area contributed by atoms with Crippen LogP contribution in [-0.4, -0.2) is 30.5 Å². The lowest BCUT2D eigenvalue weighted by molar-refractivity contribution is -0.117. The number of carbonyl (C=O) groups excluding carboxylic acids is 1. The van der Waals surface area contributed by atoms with E-state index in [-0.39, 0.29) is 24.1 Å². The molecule has 1 N–H and O–H groups in total. The van der Waals surface area contributed by atoms with Crippen molar-refractivity contribution >= 4 is 11.9 Å². The number of carbonyl (C=O) groups is 1. The Labute approximate surface area is 160 Å². The van der Waals surface area contributed by atoms with Crippen molar-refractivity contribution < 1.29 is 13.6 Å². The molecule has 9 heteroatoms. The van der Waals surface area contributed by atoms with E-state index < -0.39 is 12.3 Å². The molecule has 28 heavy (non-hydrogen) atoms. The van der Waals surface area contributed by atoms with E-state index in [4.69, 9.17) is 0 Å². The molecule has 0 spiro atoms. The van der Waals surface area contributed by atoms with Crippen LogP contribution in [0.3, 0.4) is 0 Å². The first-order valence-electron chi connectivity index (χ1n) is 9.08. The van der Waals surface area contributed by atoms with Crippen LogP contribution in [0.25, 0.3) is 0 Å². The molecule has 1 amide bonds. The first kappa shape index (κ1) is 18.3. The number of anilines is 1. The molecule has 1 saturated carbocycles. The average Bonchev–Trinajstić information content (AvgIpc) is 3.26. The Morgan fingerprint density at radius 1 is 1.29 bits per heavy atom. The second-order valence-electron chi connectivity index (χ2n) is 7.03. The van der Waals surface area contributed by atoms with Gasteiger partial charge in [0.25, 0.3) is 6.43 Å². The maximum absolute atomic E-state index is 13.2. The van der Waals surface area contributed by atoms with Crippen LogP contribution in [0, 0.1) is 6.92 Å². The summed E-state index contributed by atoms with van der Waals surface area (Å²) in [6.07, 6.45) is 0.740. The predicted molar refractivity (Wildman–Crippen MR) is 98.1 cm³/mol. The molecular weight excluding hydrogens is 366 g/mol. The maximum Gasteiger partial charge on any atom is 0.280 e. The highest BCUT2D eigenvalue weighted by molar-refractivity contribution is 5.88. The minimum atomic E-state index is -2.68. The van der Waals surface area contributed by atoms with E-state index >= 15 is 0 Å². The highest BCUT2D eigenvalue weighted by Crippen LogP contribution is 2.40. The molecule has 4 rings (SSSR count). The SMILES string of the molecule is Cc1cccc(Cn2cnc(NC(=O)Cn3nc(C4CC4)cc3C(F)F)n2)c1. The minimum Gasteiger partial charge on any atom is -0.292 e. The second-order valence-corrected chi connectivity index (χ2v) is 7.03. The minimum absolute atomic E-state index is 0.130. The monoisotopic (exact) mass is 386 g/mol. The Hall–Kier alpha value is -3.10. The van der Waals surface area contributed by atoms with E-state index in [1.54, 1.807) is 4.68 Å². The number of hydrogen-bond acceptors (Lipinski definition) is 4.